The van der Waals surface area contributed by atoms with Gasteiger partial charge in [0.25, 0.3) is 0 Å². The fourth-order valence-corrected chi connectivity index (χ4v) is 3.02. The van der Waals surface area contributed by atoms with E-state index < -0.39 is 12.1 Å². The number of rotatable bonds is 6. The average Bonchev–Trinajstić information content (AvgIpc) is 3.00. The number of carbonyl (C=O) groups is 2. The fraction of sp³-hybridized carbons (Fsp3) is 0.500. The van der Waals surface area contributed by atoms with Crippen LogP contribution in [0.1, 0.15) is 37.8 Å². The smallest absolute Gasteiger partial charge is 0.312 e. The van der Waals surface area contributed by atoms with E-state index in [4.69, 9.17) is 22.1 Å². The minimum Gasteiger partial charge on any atom is -0.376 e. The Balaban J connectivity index is 2.01. The first-order chi connectivity index (χ1) is 11.0. The van der Waals surface area contributed by atoms with Gasteiger partial charge in [0.1, 0.15) is 0 Å². The van der Waals surface area contributed by atoms with Crippen molar-refractivity contribution in [3.05, 3.63) is 34.9 Å². The Morgan fingerprint density at radius 2 is 2.13 bits per heavy atom. The molecular weight excluding hydrogens is 318 g/mol. The normalized spacial score (nSPS) is 19.8. The molecule has 23 heavy (non-hydrogen) atoms. The molecule has 1 aromatic rings. The monoisotopic (exact) mass is 339 g/mol. The first kappa shape index (κ1) is 17.6. The van der Waals surface area contributed by atoms with Gasteiger partial charge in [0.2, 0.25) is 5.91 Å². The van der Waals surface area contributed by atoms with Gasteiger partial charge in [-0.15, -0.1) is 0 Å². The number of amides is 3. The van der Waals surface area contributed by atoms with Gasteiger partial charge in [0, 0.05) is 11.6 Å². The van der Waals surface area contributed by atoms with Crippen LogP contribution in [-0.4, -0.2) is 30.7 Å². The highest BCUT2D eigenvalue weighted by atomic mass is 35.5. The third-order valence-electron chi connectivity index (χ3n) is 3.90. The Morgan fingerprint density at radius 1 is 1.39 bits per heavy atom. The van der Waals surface area contributed by atoms with E-state index in [1.54, 1.807) is 24.3 Å². The van der Waals surface area contributed by atoms with Gasteiger partial charge in [0.05, 0.1) is 24.6 Å². The summed E-state index contributed by atoms with van der Waals surface area (Å²) in [6.45, 7) is 2.65. The molecule has 0 radical (unpaired) electrons. The van der Waals surface area contributed by atoms with Crippen LogP contribution in [0.25, 0.3) is 0 Å². The van der Waals surface area contributed by atoms with E-state index in [1.165, 1.54) is 0 Å². The molecule has 126 valence electrons. The van der Waals surface area contributed by atoms with Crippen LogP contribution in [0.15, 0.2) is 24.3 Å². The first-order valence-electron chi connectivity index (χ1n) is 7.68. The summed E-state index contributed by atoms with van der Waals surface area (Å²) in [6.07, 6.45) is 2.05. The Kier molecular flexibility index (Phi) is 6.24. The molecule has 0 aromatic heterocycles. The van der Waals surface area contributed by atoms with E-state index >= 15 is 0 Å². The van der Waals surface area contributed by atoms with Gasteiger partial charge in [-0.3, -0.25) is 4.79 Å². The molecule has 1 aliphatic rings. The zero-order valence-electron chi connectivity index (χ0n) is 13.0. The SMILES string of the molecule is C[C@H](NC(=O)C[C@@H](NC(N)=O)c1ccccc1Cl)[C@H]1CCCO1. The number of nitrogens with one attached hydrogen (secondary N) is 2. The van der Waals surface area contributed by atoms with Crippen molar-refractivity contribution in [2.75, 3.05) is 6.61 Å². The number of hydrogen-bond acceptors (Lipinski definition) is 3. The van der Waals surface area contributed by atoms with Crippen molar-refractivity contribution in [3.8, 4) is 0 Å². The summed E-state index contributed by atoms with van der Waals surface area (Å²) in [6, 6.07) is 5.70. The molecule has 0 bridgehead atoms. The molecular formula is C16H22ClN3O3. The van der Waals surface area contributed by atoms with Crippen LogP contribution in [0.3, 0.4) is 0 Å². The topological polar surface area (TPSA) is 93.5 Å². The number of primary amides is 1. The molecule has 1 heterocycles. The third kappa shape index (κ3) is 5.11. The average molecular weight is 340 g/mol. The Labute approximate surface area is 140 Å². The summed E-state index contributed by atoms with van der Waals surface area (Å²) >= 11 is 6.15. The molecule has 1 aliphatic heterocycles. The van der Waals surface area contributed by atoms with Crippen molar-refractivity contribution in [2.24, 2.45) is 5.73 Å². The predicted octanol–water partition coefficient (Wildman–Crippen LogP) is 2.12. The first-order valence-corrected chi connectivity index (χ1v) is 8.06. The lowest BCUT2D eigenvalue weighted by atomic mass is 10.0. The second-order valence-corrected chi connectivity index (χ2v) is 6.10. The van der Waals surface area contributed by atoms with Crippen molar-refractivity contribution in [1.82, 2.24) is 10.6 Å². The van der Waals surface area contributed by atoms with Crippen molar-refractivity contribution in [3.63, 3.8) is 0 Å². The quantitative estimate of drug-likeness (QED) is 0.741. The Morgan fingerprint density at radius 3 is 2.74 bits per heavy atom. The molecule has 3 atom stereocenters. The summed E-state index contributed by atoms with van der Waals surface area (Å²) in [5, 5.41) is 5.97. The van der Waals surface area contributed by atoms with E-state index in [2.05, 4.69) is 10.6 Å². The van der Waals surface area contributed by atoms with Gasteiger partial charge in [-0.2, -0.15) is 0 Å². The number of halogens is 1. The molecule has 6 nitrogen and oxygen atoms in total. The maximum absolute atomic E-state index is 12.3. The highest BCUT2D eigenvalue weighted by Gasteiger charge is 2.25. The van der Waals surface area contributed by atoms with Gasteiger partial charge in [-0.05, 0) is 31.4 Å². The number of benzene rings is 1. The van der Waals surface area contributed by atoms with Crippen LogP contribution in [-0.2, 0) is 9.53 Å². The molecule has 0 saturated carbocycles. The van der Waals surface area contributed by atoms with Crippen LogP contribution < -0.4 is 16.4 Å². The maximum Gasteiger partial charge on any atom is 0.312 e. The summed E-state index contributed by atoms with van der Waals surface area (Å²) in [5.74, 6) is -0.188. The minimum absolute atomic E-state index is 0.0433. The van der Waals surface area contributed by atoms with Crippen LogP contribution in [0.4, 0.5) is 4.79 Å². The van der Waals surface area contributed by atoms with Crippen LogP contribution in [0.5, 0.6) is 0 Å². The summed E-state index contributed by atoms with van der Waals surface area (Å²) in [5.41, 5.74) is 5.87. The molecule has 1 fully saturated rings. The standard InChI is InChI=1S/C16H22ClN3O3/c1-10(14-7-4-8-23-14)19-15(21)9-13(20-16(18)22)11-5-2-3-6-12(11)17/h2-3,5-6,10,13-14H,4,7-9H2,1H3,(H,19,21)(H3,18,20,22)/t10-,13+,14+/m0/s1. The van der Waals surface area contributed by atoms with E-state index in [0.717, 1.165) is 19.4 Å². The highest BCUT2D eigenvalue weighted by molar-refractivity contribution is 6.31. The van der Waals surface area contributed by atoms with Gasteiger partial charge in [-0.1, -0.05) is 29.8 Å². The minimum atomic E-state index is -0.699. The maximum atomic E-state index is 12.3. The Hall–Kier alpha value is -1.79. The van der Waals surface area contributed by atoms with Crippen LogP contribution in [0.2, 0.25) is 5.02 Å². The second kappa shape index (κ2) is 8.17. The summed E-state index contributed by atoms with van der Waals surface area (Å²) in [4.78, 5) is 23.5. The third-order valence-corrected chi connectivity index (χ3v) is 4.24. The molecule has 1 saturated heterocycles. The van der Waals surface area contributed by atoms with Crippen molar-refractivity contribution in [1.29, 1.82) is 0 Å². The summed E-state index contributed by atoms with van der Waals surface area (Å²) in [7, 11) is 0. The zero-order chi connectivity index (χ0) is 16.8. The number of carbonyl (C=O) groups excluding carboxylic acids is 2. The number of nitrogens with two attached hydrogens (primary N) is 1. The second-order valence-electron chi connectivity index (χ2n) is 5.69. The molecule has 1 aromatic carbocycles. The molecule has 0 aliphatic carbocycles. The van der Waals surface area contributed by atoms with Gasteiger partial charge >= 0.3 is 6.03 Å². The molecule has 4 N–H and O–H groups in total. The highest BCUT2D eigenvalue weighted by Crippen LogP contribution is 2.25. The lowest BCUT2D eigenvalue weighted by molar-refractivity contribution is -0.123. The van der Waals surface area contributed by atoms with E-state index in [-0.39, 0.29) is 24.5 Å². The largest absolute Gasteiger partial charge is 0.376 e. The van der Waals surface area contributed by atoms with E-state index in [9.17, 15) is 9.59 Å². The number of urea groups is 1. The van der Waals surface area contributed by atoms with Gasteiger partial charge in [0.15, 0.2) is 0 Å². The molecule has 3 amide bonds. The molecule has 7 heteroatoms. The number of hydrogen-bond donors (Lipinski definition) is 3. The molecule has 2 rings (SSSR count). The zero-order valence-corrected chi connectivity index (χ0v) is 13.8. The van der Waals surface area contributed by atoms with E-state index in [0.29, 0.717) is 10.6 Å². The number of ether oxygens (including phenoxy) is 1. The summed E-state index contributed by atoms with van der Waals surface area (Å²) < 4.78 is 5.56. The lowest BCUT2D eigenvalue weighted by Crippen LogP contribution is -2.43. The van der Waals surface area contributed by atoms with E-state index in [1.807, 2.05) is 6.92 Å². The van der Waals surface area contributed by atoms with Crippen molar-refractivity contribution >= 4 is 23.5 Å². The molecule has 0 unspecified atom stereocenters. The van der Waals surface area contributed by atoms with Crippen LogP contribution >= 0.6 is 11.6 Å². The van der Waals surface area contributed by atoms with Gasteiger partial charge in [-0.25, -0.2) is 4.79 Å². The van der Waals surface area contributed by atoms with Crippen molar-refractivity contribution in [2.45, 2.75) is 44.4 Å². The molecule has 0 spiro atoms. The predicted molar refractivity (Wildman–Crippen MR) is 88.1 cm³/mol. The van der Waals surface area contributed by atoms with Gasteiger partial charge < -0.3 is 21.1 Å². The van der Waals surface area contributed by atoms with Crippen molar-refractivity contribution < 1.29 is 14.3 Å². The lowest BCUT2D eigenvalue weighted by Gasteiger charge is -2.23. The van der Waals surface area contributed by atoms with Crippen LogP contribution in [0, 0.1) is 0 Å². The Bertz CT molecular complexity index is 561. The fourth-order valence-electron chi connectivity index (χ4n) is 2.76.